The summed E-state index contributed by atoms with van der Waals surface area (Å²) < 4.78 is 20.9. The SMILES string of the molecule is O=P(CC[C@H](OCc1ccccc1)C1CCCCC1)(c1ccccc1)c1ccccc1. The van der Waals surface area contributed by atoms with Gasteiger partial charge in [-0.2, -0.15) is 0 Å². The van der Waals surface area contributed by atoms with E-state index in [9.17, 15) is 4.57 Å². The molecular formula is C28H33O2P. The van der Waals surface area contributed by atoms with Crippen LogP contribution < -0.4 is 10.6 Å². The molecular weight excluding hydrogens is 399 g/mol. The molecule has 0 amide bonds. The average Bonchev–Trinajstić information content (AvgIpc) is 2.86. The van der Waals surface area contributed by atoms with Crippen LogP contribution in [-0.2, 0) is 15.9 Å². The molecule has 31 heavy (non-hydrogen) atoms. The van der Waals surface area contributed by atoms with Gasteiger partial charge >= 0.3 is 0 Å². The van der Waals surface area contributed by atoms with E-state index in [1.54, 1.807) is 0 Å². The molecule has 162 valence electrons. The molecule has 1 fully saturated rings. The molecule has 1 aliphatic carbocycles. The molecule has 0 radical (unpaired) electrons. The Morgan fingerprint density at radius 1 is 0.742 bits per heavy atom. The molecule has 0 spiro atoms. The maximum atomic E-state index is 14.4. The lowest BCUT2D eigenvalue weighted by Crippen LogP contribution is -2.29. The van der Waals surface area contributed by atoms with E-state index in [0.29, 0.717) is 18.7 Å². The number of benzene rings is 3. The Hall–Kier alpha value is -2.15. The van der Waals surface area contributed by atoms with Crippen molar-refractivity contribution < 1.29 is 9.30 Å². The minimum Gasteiger partial charge on any atom is -0.373 e. The number of hydrogen-bond donors (Lipinski definition) is 0. The third-order valence-corrected chi connectivity index (χ3v) is 9.71. The second-order valence-corrected chi connectivity index (χ2v) is 11.6. The molecule has 2 nitrogen and oxygen atoms in total. The van der Waals surface area contributed by atoms with E-state index >= 15 is 0 Å². The van der Waals surface area contributed by atoms with Crippen molar-refractivity contribution in [1.29, 1.82) is 0 Å². The van der Waals surface area contributed by atoms with Crippen LogP contribution in [0, 0.1) is 5.92 Å². The highest BCUT2D eigenvalue weighted by Crippen LogP contribution is 2.45. The van der Waals surface area contributed by atoms with Crippen molar-refractivity contribution in [3.63, 3.8) is 0 Å². The average molecular weight is 433 g/mol. The van der Waals surface area contributed by atoms with Crippen molar-refractivity contribution in [2.45, 2.75) is 51.2 Å². The van der Waals surface area contributed by atoms with Crippen LogP contribution in [0.3, 0.4) is 0 Å². The zero-order valence-electron chi connectivity index (χ0n) is 18.2. The Bertz CT molecular complexity index is 907. The number of ether oxygens (including phenoxy) is 1. The molecule has 0 aliphatic heterocycles. The van der Waals surface area contributed by atoms with E-state index in [1.165, 1.54) is 37.7 Å². The summed E-state index contributed by atoms with van der Waals surface area (Å²) >= 11 is 0. The number of hydrogen-bond acceptors (Lipinski definition) is 2. The zero-order valence-corrected chi connectivity index (χ0v) is 19.1. The van der Waals surface area contributed by atoms with Crippen LogP contribution in [0.4, 0.5) is 0 Å². The van der Waals surface area contributed by atoms with E-state index in [2.05, 4.69) is 24.3 Å². The largest absolute Gasteiger partial charge is 0.373 e. The molecule has 0 N–H and O–H groups in total. The molecule has 3 aromatic carbocycles. The summed E-state index contributed by atoms with van der Waals surface area (Å²) in [7, 11) is -2.70. The van der Waals surface area contributed by atoms with Gasteiger partial charge in [-0.25, -0.2) is 0 Å². The van der Waals surface area contributed by atoms with Crippen LogP contribution >= 0.6 is 7.14 Å². The van der Waals surface area contributed by atoms with E-state index in [0.717, 1.165) is 17.0 Å². The third-order valence-electron chi connectivity index (χ3n) is 6.56. The maximum absolute atomic E-state index is 14.4. The summed E-state index contributed by atoms with van der Waals surface area (Å²) in [6, 6.07) is 30.5. The molecule has 1 saturated carbocycles. The lowest BCUT2D eigenvalue weighted by atomic mass is 9.84. The van der Waals surface area contributed by atoms with Crippen LogP contribution in [-0.4, -0.2) is 12.3 Å². The second kappa shape index (κ2) is 10.9. The van der Waals surface area contributed by atoms with Gasteiger partial charge in [0, 0.05) is 16.8 Å². The van der Waals surface area contributed by atoms with E-state index < -0.39 is 7.14 Å². The molecule has 0 aromatic heterocycles. The van der Waals surface area contributed by atoms with Crippen LogP contribution in [0.25, 0.3) is 0 Å². The Balaban J connectivity index is 1.54. The van der Waals surface area contributed by atoms with Crippen LogP contribution in [0.2, 0.25) is 0 Å². The van der Waals surface area contributed by atoms with Gasteiger partial charge < -0.3 is 9.30 Å². The summed E-state index contributed by atoms with van der Waals surface area (Å²) in [6.07, 6.45) is 7.97. The monoisotopic (exact) mass is 432 g/mol. The fourth-order valence-corrected chi connectivity index (χ4v) is 7.53. The highest BCUT2D eigenvalue weighted by atomic mass is 31.2. The molecule has 4 rings (SSSR count). The van der Waals surface area contributed by atoms with Gasteiger partial charge in [-0.1, -0.05) is 110 Å². The summed E-state index contributed by atoms with van der Waals surface area (Å²) in [6.45, 7) is 0.628. The Morgan fingerprint density at radius 3 is 1.81 bits per heavy atom. The lowest BCUT2D eigenvalue weighted by Gasteiger charge is -2.31. The van der Waals surface area contributed by atoms with Crippen molar-refractivity contribution in [3.05, 3.63) is 96.6 Å². The van der Waals surface area contributed by atoms with Gasteiger partial charge in [0.1, 0.15) is 7.14 Å². The predicted octanol–water partition coefficient (Wildman–Crippen LogP) is 6.56. The molecule has 3 aromatic rings. The summed E-state index contributed by atoms with van der Waals surface area (Å²) in [5.74, 6) is 0.567. The van der Waals surface area contributed by atoms with Crippen molar-refractivity contribution in [2.75, 3.05) is 6.16 Å². The molecule has 0 saturated heterocycles. The molecule has 1 atom stereocenters. The standard InChI is InChI=1S/C28H33O2P/c29-31(26-17-9-3-10-18-26,27-19-11-4-12-20-27)22-21-28(25-15-7-2-8-16-25)30-23-24-13-5-1-6-14-24/h1,3-6,9-14,17-20,25,28H,2,7-8,15-16,21-23H2/t28-/m0/s1. The first kappa shape index (κ1) is 22.1. The quantitative estimate of drug-likeness (QED) is 0.358. The second-order valence-electron chi connectivity index (χ2n) is 8.66. The van der Waals surface area contributed by atoms with Gasteiger partial charge in [-0.3, -0.25) is 0 Å². The first-order valence-corrected chi connectivity index (χ1v) is 13.5. The van der Waals surface area contributed by atoms with Gasteiger partial charge in [0.05, 0.1) is 12.7 Å². The first-order valence-electron chi connectivity index (χ1n) is 11.6. The molecule has 0 unspecified atom stereocenters. The molecule has 1 aliphatic rings. The van der Waals surface area contributed by atoms with E-state index in [4.69, 9.17) is 4.74 Å². The zero-order chi connectivity index (χ0) is 21.4. The van der Waals surface area contributed by atoms with E-state index in [-0.39, 0.29) is 6.10 Å². The Labute approximate surface area is 187 Å². The summed E-state index contributed by atoms with van der Waals surface area (Å²) in [5.41, 5.74) is 1.21. The van der Waals surface area contributed by atoms with Crippen LogP contribution in [0.5, 0.6) is 0 Å². The molecule has 0 bridgehead atoms. The van der Waals surface area contributed by atoms with Gasteiger partial charge in [0.2, 0.25) is 0 Å². The van der Waals surface area contributed by atoms with Crippen molar-refractivity contribution in [3.8, 4) is 0 Å². The van der Waals surface area contributed by atoms with Gasteiger partial charge in [0.25, 0.3) is 0 Å². The molecule has 0 heterocycles. The topological polar surface area (TPSA) is 26.3 Å². The normalized spacial score (nSPS) is 16.1. The van der Waals surface area contributed by atoms with Gasteiger partial charge in [-0.15, -0.1) is 0 Å². The maximum Gasteiger partial charge on any atom is 0.143 e. The van der Waals surface area contributed by atoms with Crippen molar-refractivity contribution in [2.24, 2.45) is 5.92 Å². The highest BCUT2D eigenvalue weighted by molar-refractivity contribution is 7.78. The van der Waals surface area contributed by atoms with Crippen LogP contribution in [0.15, 0.2) is 91.0 Å². The van der Waals surface area contributed by atoms with Crippen molar-refractivity contribution in [1.82, 2.24) is 0 Å². The summed E-state index contributed by atoms with van der Waals surface area (Å²) in [5, 5.41) is 1.90. The minimum atomic E-state index is -2.70. The van der Waals surface area contributed by atoms with E-state index in [1.807, 2.05) is 66.7 Å². The molecule has 3 heteroatoms. The highest BCUT2D eigenvalue weighted by Gasteiger charge is 2.31. The summed E-state index contributed by atoms with van der Waals surface area (Å²) in [4.78, 5) is 0. The Kier molecular flexibility index (Phi) is 7.78. The van der Waals surface area contributed by atoms with Gasteiger partial charge in [-0.05, 0) is 30.7 Å². The Morgan fingerprint density at radius 2 is 1.26 bits per heavy atom. The number of rotatable bonds is 9. The first-order chi connectivity index (χ1) is 15.3. The van der Waals surface area contributed by atoms with Gasteiger partial charge in [0.15, 0.2) is 0 Å². The van der Waals surface area contributed by atoms with Crippen LogP contribution in [0.1, 0.15) is 44.1 Å². The fraction of sp³-hybridized carbons (Fsp3) is 0.357. The third kappa shape index (κ3) is 5.76. The smallest absolute Gasteiger partial charge is 0.143 e. The lowest BCUT2D eigenvalue weighted by molar-refractivity contribution is -0.0118. The fourth-order valence-electron chi connectivity index (χ4n) is 4.79. The predicted molar refractivity (Wildman–Crippen MR) is 131 cm³/mol. The minimum absolute atomic E-state index is 0.154. The van der Waals surface area contributed by atoms with Crippen molar-refractivity contribution >= 4 is 17.8 Å².